The first-order valence-corrected chi connectivity index (χ1v) is 6.63. The van der Waals surface area contributed by atoms with Crippen LogP contribution in [0.4, 0.5) is 13.2 Å². The van der Waals surface area contributed by atoms with E-state index in [1.165, 1.54) is 12.1 Å². The van der Waals surface area contributed by atoms with E-state index in [-0.39, 0.29) is 5.75 Å². The van der Waals surface area contributed by atoms with Crippen molar-refractivity contribution in [2.75, 3.05) is 0 Å². The van der Waals surface area contributed by atoms with Gasteiger partial charge in [-0.05, 0) is 51.7 Å². The number of hydrogen-bond donors (Lipinski definition) is 0. The Morgan fingerprint density at radius 1 is 1.05 bits per heavy atom. The average molecular weight is 302 g/mol. The third-order valence-corrected chi connectivity index (χ3v) is 3.95. The lowest BCUT2D eigenvalue weighted by atomic mass is 9.78. The predicted octanol–water partition coefficient (Wildman–Crippen LogP) is 3.19. The van der Waals surface area contributed by atoms with Crippen LogP contribution >= 0.6 is 0 Å². The van der Waals surface area contributed by atoms with E-state index in [1.54, 1.807) is 13.0 Å². The number of ether oxygens (including phenoxy) is 1. The molecule has 1 aliphatic heterocycles. The van der Waals surface area contributed by atoms with Gasteiger partial charge in [-0.15, -0.1) is 13.2 Å². The Bertz CT molecular complexity index is 525. The molecule has 7 heteroatoms. The van der Waals surface area contributed by atoms with Gasteiger partial charge in [0, 0.05) is 0 Å². The Hall–Kier alpha value is -1.21. The maximum absolute atomic E-state index is 12.3. The quantitative estimate of drug-likeness (QED) is 0.785. The van der Waals surface area contributed by atoms with Gasteiger partial charge in [0.2, 0.25) is 0 Å². The molecule has 0 aromatic heterocycles. The molecule has 0 radical (unpaired) electrons. The minimum absolute atomic E-state index is 0.220. The van der Waals surface area contributed by atoms with Crippen molar-refractivity contribution in [1.29, 1.82) is 0 Å². The van der Waals surface area contributed by atoms with Crippen LogP contribution in [0.5, 0.6) is 5.75 Å². The van der Waals surface area contributed by atoms with E-state index in [0.29, 0.717) is 11.0 Å². The van der Waals surface area contributed by atoms with Gasteiger partial charge in [0.1, 0.15) is 5.75 Å². The van der Waals surface area contributed by atoms with Crippen LogP contribution in [-0.2, 0) is 9.31 Å². The van der Waals surface area contributed by atoms with Crippen molar-refractivity contribution in [3.05, 3.63) is 23.8 Å². The molecule has 1 aliphatic rings. The highest BCUT2D eigenvalue weighted by Gasteiger charge is 2.51. The van der Waals surface area contributed by atoms with Crippen LogP contribution in [0.25, 0.3) is 0 Å². The molecular formula is C14H18BF3O3. The summed E-state index contributed by atoms with van der Waals surface area (Å²) in [5, 5.41) is 0. The van der Waals surface area contributed by atoms with Crippen molar-refractivity contribution >= 4 is 12.6 Å². The Morgan fingerprint density at radius 2 is 1.57 bits per heavy atom. The summed E-state index contributed by atoms with van der Waals surface area (Å²) >= 11 is 0. The van der Waals surface area contributed by atoms with Crippen LogP contribution in [-0.4, -0.2) is 24.7 Å². The smallest absolute Gasteiger partial charge is 0.406 e. The van der Waals surface area contributed by atoms with Crippen LogP contribution in [0.2, 0.25) is 0 Å². The molecule has 0 amide bonds. The summed E-state index contributed by atoms with van der Waals surface area (Å²) < 4.78 is 52.4. The molecule has 0 unspecified atom stereocenters. The number of rotatable bonds is 2. The molecule has 1 fully saturated rings. The number of halogens is 3. The Labute approximate surface area is 122 Å². The number of aryl methyl sites for hydroxylation is 1. The molecule has 2 rings (SSSR count). The van der Waals surface area contributed by atoms with Gasteiger partial charge in [0.05, 0.1) is 11.2 Å². The standard InChI is InChI=1S/C14H18BF3O3/c1-9-8-10(6-7-11(9)19-14(16,17)18)15-20-12(2,3)13(4,5)21-15/h6-8H,1-5H3. The van der Waals surface area contributed by atoms with Crippen LogP contribution in [0.3, 0.4) is 0 Å². The molecule has 21 heavy (non-hydrogen) atoms. The number of hydrogen-bond acceptors (Lipinski definition) is 3. The second-order valence-corrected chi connectivity index (χ2v) is 6.16. The second-order valence-electron chi connectivity index (χ2n) is 6.16. The van der Waals surface area contributed by atoms with Gasteiger partial charge >= 0.3 is 13.5 Å². The van der Waals surface area contributed by atoms with Gasteiger partial charge in [0.15, 0.2) is 0 Å². The fraction of sp³-hybridized carbons (Fsp3) is 0.571. The maximum atomic E-state index is 12.3. The van der Waals surface area contributed by atoms with Gasteiger partial charge in [0.25, 0.3) is 0 Å². The number of alkyl halides is 3. The van der Waals surface area contributed by atoms with E-state index in [1.807, 2.05) is 27.7 Å². The van der Waals surface area contributed by atoms with Crippen LogP contribution in [0.1, 0.15) is 33.3 Å². The first-order chi connectivity index (χ1) is 9.41. The van der Waals surface area contributed by atoms with E-state index >= 15 is 0 Å². The minimum Gasteiger partial charge on any atom is -0.406 e. The van der Waals surface area contributed by atoms with Gasteiger partial charge in [-0.2, -0.15) is 0 Å². The molecule has 1 aromatic rings. The number of benzene rings is 1. The molecule has 1 saturated heterocycles. The van der Waals surface area contributed by atoms with Gasteiger partial charge < -0.3 is 14.0 Å². The summed E-state index contributed by atoms with van der Waals surface area (Å²) in [4.78, 5) is 0. The van der Waals surface area contributed by atoms with Crippen molar-refractivity contribution in [2.45, 2.75) is 52.2 Å². The van der Waals surface area contributed by atoms with Crippen molar-refractivity contribution in [1.82, 2.24) is 0 Å². The topological polar surface area (TPSA) is 27.7 Å². The Balaban J connectivity index is 2.22. The average Bonchev–Trinajstić information content (AvgIpc) is 2.49. The first-order valence-electron chi connectivity index (χ1n) is 6.63. The van der Waals surface area contributed by atoms with Crippen molar-refractivity contribution in [3.8, 4) is 5.75 Å². The molecular weight excluding hydrogens is 284 g/mol. The lowest BCUT2D eigenvalue weighted by Crippen LogP contribution is -2.41. The largest absolute Gasteiger partial charge is 0.573 e. The summed E-state index contributed by atoms with van der Waals surface area (Å²) in [7, 11) is -0.603. The molecule has 1 aromatic carbocycles. The SMILES string of the molecule is Cc1cc(B2OC(C)(C)C(C)(C)O2)ccc1OC(F)(F)F. The van der Waals surface area contributed by atoms with Gasteiger partial charge in [-0.3, -0.25) is 0 Å². The monoisotopic (exact) mass is 302 g/mol. The lowest BCUT2D eigenvalue weighted by molar-refractivity contribution is -0.274. The van der Waals surface area contributed by atoms with Gasteiger partial charge in [-0.25, -0.2) is 0 Å². The molecule has 0 spiro atoms. The second kappa shape index (κ2) is 4.92. The fourth-order valence-corrected chi connectivity index (χ4v) is 2.04. The molecule has 0 N–H and O–H groups in total. The molecule has 0 bridgehead atoms. The van der Waals surface area contributed by atoms with E-state index < -0.39 is 24.7 Å². The van der Waals surface area contributed by atoms with Crippen molar-refractivity contribution in [3.63, 3.8) is 0 Å². The van der Waals surface area contributed by atoms with E-state index in [0.717, 1.165) is 0 Å². The fourth-order valence-electron chi connectivity index (χ4n) is 2.04. The van der Waals surface area contributed by atoms with E-state index in [9.17, 15) is 13.2 Å². The van der Waals surface area contributed by atoms with Crippen LogP contribution < -0.4 is 10.2 Å². The Kier molecular flexibility index (Phi) is 3.79. The van der Waals surface area contributed by atoms with Crippen LogP contribution in [0, 0.1) is 6.92 Å². The van der Waals surface area contributed by atoms with Gasteiger partial charge in [-0.1, -0.05) is 12.1 Å². The van der Waals surface area contributed by atoms with Crippen LogP contribution in [0.15, 0.2) is 18.2 Å². The molecule has 0 saturated carbocycles. The zero-order valence-electron chi connectivity index (χ0n) is 12.7. The molecule has 1 heterocycles. The lowest BCUT2D eigenvalue weighted by Gasteiger charge is -2.32. The summed E-state index contributed by atoms with van der Waals surface area (Å²) in [6.45, 7) is 9.22. The van der Waals surface area contributed by atoms with Crippen molar-refractivity contribution < 1.29 is 27.2 Å². The minimum atomic E-state index is -4.70. The molecule has 0 atom stereocenters. The molecule has 0 aliphatic carbocycles. The zero-order chi connectivity index (χ0) is 16.1. The zero-order valence-corrected chi connectivity index (χ0v) is 12.7. The normalized spacial score (nSPS) is 20.7. The third kappa shape index (κ3) is 3.35. The highest BCUT2D eigenvalue weighted by atomic mass is 19.4. The highest BCUT2D eigenvalue weighted by Crippen LogP contribution is 2.36. The third-order valence-electron chi connectivity index (χ3n) is 3.95. The molecule has 3 nitrogen and oxygen atoms in total. The molecule has 116 valence electrons. The summed E-state index contributed by atoms with van der Waals surface area (Å²) in [5.41, 5.74) is 0.0552. The van der Waals surface area contributed by atoms with Crippen molar-refractivity contribution in [2.24, 2.45) is 0 Å². The maximum Gasteiger partial charge on any atom is 0.573 e. The summed E-state index contributed by atoms with van der Waals surface area (Å²) in [6, 6.07) is 4.39. The Morgan fingerprint density at radius 3 is 2.00 bits per heavy atom. The van der Waals surface area contributed by atoms with E-state index in [2.05, 4.69) is 4.74 Å². The summed E-state index contributed by atoms with van der Waals surface area (Å²) in [5.74, 6) is -0.220. The highest BCUT2D eigenvalue weighted by molar-refractivity contribution is 6.62. The predicted molar refractivity (Wildman–Crippen MR) is 73.6 cm³/mol. The first kappa shape index (κ1) is 16.2. The summed E-state index contributed by atoms with van der Waals surface area (Å²) in [6.07, 6.45) is -4.70. The van der Waals surface area contributed by atoms with E-state index in [4.69, 9.17) is 9.31 Å².